The Morgan fingerprint density at radius 1 is 1.75 bits per heavy atom. The van der Waals surface area contributed by atoms with Gasteiger partial charge >= 0.3 is 0 Å². The van der Waals surface area contributed by atoms with Gasteiger partial charge in [-0.15, -0.1) is 0 Å². The first kappa shape index (κ1) is 8.80. The summed E-state index contributed by atoms with van der Waals surface area (Å²) in [6, 6.07) is 0. The van der Waals surface area contributed by atoms with Crippen molar-refractivity contribution in [2.45, 2.75) is 0 Å². The van der Waals surface area contributed by atoms with Crippen molar-refractivity contribution in [2.24, 2.45) is 0 Å². The third kappa shape index (κ3) is 2.10. The molecular formula is C8H10NO3-. The predicted molar refractivity (Wildman–Crippen MR) is 40.9 cm³/mol. The molecule has 1 heterocycles. The Morgan fingerprint density at radius 3 is 3.08 bits per heavy atom. The molecule has 0 saturated heterocycles. The Hall–Kier alpha value is -1.29. The second kappa shape index (κ2) is 3.92. The van der Waals surface area contributed by atoms with Crippen molar-refractivity contribution in [1.82, 2.24) is 4.90 Å². The van der Waals surface area contributed by atoms with Crippen LogP contribution in [-0.4, -0.2) is 35.7 Å². The van der Waals surface area contributed by atoms with E-state index in [9.17, 15) is 9.90 Å². The summed E-state index contributed by atoms with van der Waals surface area (Å²) in [5, 5.41) is 19.0. The van der Waals surface area contributed by atoms with Gasteiger partial charge < -0.3 is 19.9 Å². The lowest BCUT2D eigenvalue weighted by Gasteiger charge is -2.23. The maximum Gasteiger partial charge on any atom is 0.0692 e. The molecule has 0 aromatic rings. The van der Waals surface area contributed by atoms with Gasteiger partial charge in [-0.25, -0.2) is 0 Å². The second-order valence-electron chi connectivity index (χ2n) is 2.51. The van der Waals surface area contributed by atoms with Crippen LogP contribution in [0.4, 0.5) is 0 Å². The van der Waals surface area contributed by atoms with Crippen molar-refractivity contribution in [3.05, 3.63) is 23.9 Å². The van der Waals surface area contributed by atoms with Crippen molar-refractivity contribution < 1.29 is 15.0 Å². The number of carbonyl (C=O) groups is 1. The molecule has 1 N–H and O–H groups in total. The van der Waals surface area contributed by atoms with Gasteiger partial charge in [-0.3, -0.25) is 0 Å². The van der Waals surface area contributed by atoms with E-state index >= 15 is 0 Å². The molecule has 12 heavy (non-hydrogen) atoms. The molecule has 0 amide bonds. The number of hydrogen-bond acceptors (Lipinski definition) is 4. The van der Waals surface area contributed by atoms with Crippen LogP contribution in [0.2, 0.25) is 0 Å². The number of carboxylic acids is 1. The number of β-amino-alcohol motifs (C(OH)–C–C–N with tert-alkyl or cyclic N) is 1. The van der Waals surface area contributed by atoms with Gasteiger partial charge in [0.05, 0.1) is 12.6 Å². The average molecular weight is 168 g/mol. The molecular weight excluding hydrogens is 158 g/mol. The largest absolute Gasteiger partial charge is 0.545 e. The van der Waals surface area contributed by atoms with Gasteiger partial charge in [-0.2, -0.15) is 0 Å². The van der Waals surface area contributed by atoms with Crippen LogP contribution < -0.4 is 5.11 Å². The Kier molecular flexibility index (Phi) is 2.88. The highest BCUT2D eigenvalue weighted by molar-refractivity contribution is 5.85. The third-order valence-corrected chi connectivity index (χ3v) is 1.62. The minimum atomic E-state index is -1.15. The molecule has 0 spiro atoms. The maximum atomic E-state index is 10.4. The zero-order chi connectivity index (χ0) is 8.97. The number of carboxylic acid groups (broad SMARTS) is 1. The number of aliphatic hydroxyl groups excluding tert-OH is 1. The van der Waals surface area contributed by atoms with Gasteiger partial charge in [0, 0.05) is 13.1 Å². The zero-order valence-corrected chi connectivity index (χ0v) is 6.56. The van der Waals surface area contributed by atoms with Crippen LogP contribution in [0.3, 0.4) is 0 Å². The summed E-state index contributed by atoms with van der Waals surface area (Å²) in [4.78, 5) is 12.1. The zero-order valence-electron chi connectivity index (χ0n) is 6.56. The van der Waals surface area contributed by atoms with Gasteiger partial charge in [0.15, 0.2) is 0 Å². The highest BCUT2D eigenvalue weighted by atomic mass is 16.4. The van der Waals surface area contributed by atoms with E-state index in [2.05, 4.69) is 0 Å². The highest BCUT2D eigenvalue weighted by Crippen LogP contribution is 2.05. The van der Waals surface area contributed by atoms with Crippen LogP contribution in [0.15, 0.2) is 23.9 Å². The fraction of sp³-hybridized carbons (Fsp3) is 0.375. The second-order valence-corrected chi connectivity index (χ2v) is 2.51. The van der Waals surface area contributed by atoms with Crippen LogP contribution in [0.5, 0.6) is 0 Å². The molecule has 66 valence electrons. The van der Waals surface area contributed by atoms with Crippen LogP contribution in [0.25, 0.3) is 0 Å². The minimum absolute atomic E-state index is 0.0185. The van der Waals surface area contributed by atoms with Gasteiger partial charge in [-0.1, -0.05) is 6.08 Å². The molecule has 0 aliphatic carbocycles. The van der Waals surface area contributed by atoms with Crippen molar-refractivity contribution in [3.63, 3.8) is 0 Å². The normalized spacial score (nSPS) is 16.1. The number of aliphatic hydroxyl groups is 1. The van der Waals surface area contributed by atoms with E-state index in [-0.39, 0.29) is 12.2 Å². The summed E-state index contributed by atoms with van der Waals surface area (Å²) < 4.78 is 0. The summed E-state index contributed by atoms with van der Waals surface area (Å²) in [6.45, 7) is 0.769. The average Bonchev–Trinajstić information content (AvgIpc) is 2.05. The standard InChI is InChI=1S/C8H11NO3/c10-5-4-9-3-1-2-7(6-9)8(11)12/h1-3,10H,4-6H2,(H,11,12)/p-1. The summed E-state index contributed by atoms with van der Waals surface area (Å²) in [5.74, 6) is -1.15. The van der Waals surface area contributed by atoms with E-state index in [0.29, 0.717) is 13.1 Å². The SMILES string of the molecule is O=C([O-])C1=CC=CN(CCO)C1. The minimum Gasteiger partial charge on any atom is -0.545 e. The van der Waals surface area contributed by atoms with E-state index in [0.717, 1.165) is 0 Å². The lowest BCUT2D eigenvalue weighted by Crippen LogP contribution is -2.33. The molecule has 0 atom stereocenters. The quantitative estimate of drug-likeness (QED) is 0.556. The Morgan fingerprint density at radius 2 is 2.50 bits per heavy atom. The van der Waals surface area contributed by atoms with Crippen LogP contribution in [0, 0.1) is 0 Å². The molecule has 0 bridgehead atoms. The van der Waals surface area contributed by atoms with E-state index in [1.165, 1.54) is 6.08 Å². The van der Waals surface area contributed by atoms with Gasteiger partial charge in [0.25, 0.3) is 0 Å². The van der Waals surface area contributed by atoms with Gasteiger partial charge in [-0.05, 0) is 17.8 Å². The number of aliphatic carboxylic acids is 1. The Labute approximate surface area is 70.4 Å². The van der Waals surface area contributed by atoms with Crippen molar-refractivity contribution in [2.75, 3.05) is 19.7 Å². The molecule has 4 nitrogen and oxygen atoms in total. The summed E-state index contributed by atoms with van der Waals surface area (Å²) >= 11 is 0. The fourth-order valence-electron chi connectivity index (χ4n) is 1.02. The van der Waals surface area contributed by atoms with E-state index in [4.69, 9.17) is 5.11 Å². The predicted octanol–water partition coefficient (Wildman–Crippen LogP) is -1.52. The summed E-state index contributed by atoms with van der Waals surface area (Å²) in [5.41, 5.74) is 0.242. The van der Waals surface area contributed by atoms with Gasteiger partial charge in [0.2, 0.25) is 0 Å². The van der Waals surface area contributed by atoms with Crippen molar-refractivity contribution in [3.8, 4) is 0 Å². The molecule has 0 aromatic carbocycles. The number of rotatable bonds is 3. The van der Waals surface area contributed by atoms with Crippen LogP contribution in [0.1, 0.15) is 0 Å². The fourth-order valence-corrected chi connectivity index (χ4v) is 1.02. The molecule has 0 radical (unpaired) electrons. The van der Waals surface area contributed by atoms with E-state index in [1.807, 2.05) is 0 Å². The van der Waals surface area contributed by atoms with Gasteiger partial charge in [0.1, 0.15) is 0 Å². The number of hydrogen-bond donors (Lipinski definition) is 1. The Balaban J connectivity index is 2.55. The maximum absolute atomic E-state index is 10.4. The molecule has 4 heteroatoms. The summed E-state index contributed by atoms with van der Waals surface area (Å²) in [7, 11) is 0. The number of nitrogens with zero attached hydrogens (tertiary/aromatic N) is 1. The van der Waals surface area contributed by atoms with Crippen LogP contribution in [-0.2, 0) is 4.79 Å². The number of allylic oxidation sites excluding steroid dienone is 2. The Bertz CT molecular complexity index is 232. The molecule has 1 rings (SSSR count). The smallest absolute Gasteiger partial charge is 0.0692 e. The first-order chi connectivity index (χ1) is 5.74. The molecule has 1 aliphatic heterocycles. The van der Waals surface area contributed by atoms with E-state index in [1.54, 1.807) is 17.2 Å². The van der Waals surface area contributed by atoms with Crippen molar-refractivity contribution in [1.29, 1.82) is 0 Å². The first-order valence-corrected chi connectivity index (χ1v) is 3.67. The topological polar surface area (TPSA) is 63.6 Å². The first-order valence-electron chi connectivity index (χ1n) is 3.67. The molecule has 1 aliphatic rings. The highest BCUT2D eigenvalue weighted by Gasteiger charge is 2.06. The van der Waals surface area contributed by atoms with Crippen molar-refractivity contribution >= 4 is 5.97 Å². The lowest BCUT2D eigenvalue weighted by molar-refractivity contribution is -0.299. The molecule has 0 aromatic heterocycles. The third-order valence-electron chi connectivity index (χ3n) is 1.62. The molecule has 0 unspecified atom stereocenters. The monoisotopic (exact) mass is 168 g/mol. The van der Waals surface area contributed by atoms with E-state index < -0.39 is 5.97 Å². The molecule has 0 saturated carbocycles. The lowest BCUT2D eigenvalue weighted by atomic mass is 10.2. The summed E-state index contributed by atoms with van der Waals surface area (Å²) in [6.07, 6.45) is 4.87. The molecule has 0 fully saturated rings. The van der Waals surface area contributed by atoms with Crippen LogP contribution >= 0.6 is 0 Å². The number of carbonyl (C=O) groups excluding carboxylic acids is 1.